The molecule has 0 saturated heterocycles. The molecular formula is C14H11F3N2S. The van der Waals surface area contributed by atoms with E-state index in [0.717, 1.165) is 18.2 Å². The van der Waals surface area contributed by atoms with Gasteiger partial charge in [0.05, 0.1) is 5.69 Å². The van der Waals surface area contributed by atoms with E-state index in [4.69, 9.17) is 12.2 Å². The first-order valence-electron chi connectivity index (χ1n) is 5.75. The molecule has 0 saturated carbocycles. The number of benzene rings is 2. The van der Waals surface area contributed by atoms with Crippen molar-refractivity contribution in [1.82, 2.24) is 0 Å². The second-order valence-electron chi connectivity index (χ2n) is 4.17. The summed E-state index contributed by atoms with van der Waals surface area (Å²) < 4.78 is 39.8. The first-order chi connectivity index (χ1) is 9.45. The summed E-state index contributed by atoms with van der Waals surface area (Å²) in [5.41, 5.74) is 0.836. The fraction of sp³-hybridized carbons (Fsp3) is 0.0714. The van der Waals surface area contributed by atoms with Crippen LogP contribution in [-0.2, 0) is 0 Å². The van der Waals surface area contributed by atoms with Gasteiger partial charge in [0.25, 0.3) is 0 Å². The van der Waals surface area contributed by atoms with Gasteiger partial charge in [0, 0.05) is 11.8 Å². The first-order valence-corrected chi connectivity index (χ1v) is 6.16. The zero-order valence-corrected chi connectivity index (χ0v) is 11.3. The minimum absolute atomic E-state index is 0.0396. The highest BCUT2D eigenvalue weighted by atomic mass is 32.1. The molecule has 0 spiro atoms. The van der Waals surface area contributed by atoms with Gasteiger partial charge in [0.1, 0.15) is 17.5 Å². The number of hydrogen-bond acceptors (Lipinski definition) is 1. The van der Waals surface area contributed by atoms with Crippen LogP contribution in [0.2, 0.25) is 0 Å². The smallest absolute Gasteiger partial charge is 0.175 e. The fourth-order valence-corrected chi connectivity index (χ4v) is 1.78. The molecule has 0 atom stereocenters. The molecule has 0 aliphatic rings. The molecular weight excluding hydrogens is 285 g/mol. The van der Waals surface area contributed by atoms with Crippen LogP contribution in [-0.4, -0.2) is 5.11 Å². The summed E-state index contributed by atoms with van der Waals surface area (Å²) in [5.74, 6) is -1.60. The minimum Gasteiger partial charge on any atom is -0.332 e. The van der Waals surface area contributed by atoms with Gasteiger partial charge in [-0.2, -0.15) is 0 Å². The van der Waals surface area contributed by atoms with Crippen LogP contribution in [0.5, 0.6) is 0 Å². The molecule has 20 heavy (non-hydrogen) atoms. The molecule has 0 heterocycles. The van der Waals surface area contributed by atoms with Gasteiger partial charge in [0.15, 0.2) is 5.11 Å². The molecule has 0 aliphatic carbocycles. The molecule has 2 rings (SSSR count). The van der Waals surface area contributed by atoms with Crippen molar-refractivity contribution in [2.45, 2.75) is 6.92 Å². The number of nitrogens with one attached hydrogen (secondary N) is 2. The van der Waals surface area contributed by atoms with Gasteiger partial charge in [-0.05, 0) is 49.0 Å². The van der Waals surface area contributed by atoms with Crippen molar-refractivity contribution in [3.05, 3.63) is 59.4 Å². The first kappa shape index (κ1) is 14.3. The summed E-state index contributed by atoms with van der Waals surface area (Å²) in [6.07, 6.45) is 0. The zero-order valence-electron chi connectivity index (χ0n) is 10.5. The van der Waals surface area contributed by atoms with E-state index in [1.165, 1.54) is 6.07 Å². The molecule has 2 N–H and O–H groups in total. The van der Waals surface area contributed by atoms with E-state index in [1.807, 2.05) is 0 Å². The molecule has 0 aromatic heterocycles. The number of rotatable bonds is 2. The average molecular weight is 296 g/mol. The summed E-state index contributed by atoms with van der Waals surface area (Å²) in [4.78, 5) is 0. The highest BCUT2D eigenvalue weighted by molar-refractivity contribution is 7.80. The fourth-order valence-electron chi connectivity index (χ4n) is 1.55. The maximum Gasteiger partial charge on any atom is 0.175 e. The van der Waals surface area contributed by atoms with E-state index in [-0.39, 0.29) is 16.6 Å². The van der Waals surface area contributed by atoms with E-state index >= 15 is 0 Å². The lowest BCUT2D eigenvalue weighted by atomic mass is 10.2. The quantitative estimate of drug-likeness (QED) is 0.811. The Morgan fingerprint density at radius 1 is 0.950 bits per heavy atom. The van der Waals surface area contributed by atoms with Gasteiger partial charge in [-0.3, -0.25) is 0 Å². The van der Waals surface area contributed by atoms with Crippen molar-refractivity contribution in [2.75, 3.05) is 10.6 Å². The van der Waals surface area contributed by atoms with Crippen molar-refractivity contribution in [3.63, 3.8) is 0 Å². The Bertz CT molecular complexity index is 659. The topological polar surface area (TPSA) is 24.1 Å². The summed E-state index contributed by atoms with van der Waals surface area (Å²) in [5, 5.41) is 5.25. The average Bonchev–Trinajstić information content (AvgIpc) is 2.38. The summed E-state index contributed by atoms with van der Waals surface area (Å²) >= 11 is 4.96. The summed E-state index contributed by atoms with van der Waals surface area (Å²) in [6.45, 7) is 1.64. The van der Waals surface area contributed by atoms with Crippen LogP contribution in [0.1, 0.15) is 5.56 Å². The van der Waals surface area contributed by atoms with Crippen LogP contribution in [0.3, 0.4) is 0 Å². The van der Waals surface area contributed by atoms with Crippen molar-refractivity contribution in [1.29, 1.82) is 0 Å². The predicted octanol–water partition coefficient (Wildman–Crippen LogP) is 4.22. The van der Waals surface area contributed by atoms with E-state index in [0.29, 0.717) is 11.3 Å². The molecule has 0 fully saturated rings. The Kier molecular flexibility index (Phi) is 4.24. The van der Waals surface area contributed by atoms with E-state index in [2.05, 4.69) is 10.6 Å². The van der Waals surface area contributed by atoms with Crippen molar-refractivity contribution in [2.24, 2.45) is 0 Å². The van der Waals surface area contributed by atoms with Crippen LogP contribution in [0.15, 0.2) is 36.4 Å². The molecule has 2 aromatic carbocycles. The Morgan fingerprint density at radius 3 is 2.40 bits per heavy atom. The van der Waals surface area contributed by atoms with Crippen LogP contribution in [0.4, 0.5) is 24.5 Å². The highest BCUT2D eigenvalue weighted by Gasteiger charge is 2.06. The largest absolute Gasteiger partial charge is 0.332 e. The molecule has 6 heteroatoms. The van der Waals surface area contributed by atoms with Crippen molar-refractivity contribution < 1.29 is 13.2 Å². The third-order valence-electron chi connectivity index (χ3n) is 2.61. The predicted molar refractivity (Wildman–Crippen MR) is 77.3 cm³/mol. The highest BCUT2D eigenvalue weighted by Crippen LogP contribution is 2.17. The van der Waals surface area contributed by atoms with E-state index < -0.39 is 11.6 Å². The maximum absolute atomic E-state index is 13.4. The van der Waals surface area contributed by atoms with Crippen LogP contribution >= 0.6 is 12.2 Å². The maximum atomic E-state index is 13.4. The Morgan fingerprint density at radius 2 is 1.70 bits per heavy atom. The zero-order chi connectivity index (χ0) is 14.7. The molecule has 0 aliphatic heterocycles. The lowest BCUT2D eigenvalue weighted by Crippen LogP contribution is -2.20. The molecule has 104 valence electrons. The van der Waals surface area contributed by atoms with Gasteiger partial charge in [-0.1, -0.05) is 6.07 Å². The Labute approximate surface area is 119 Å². The molecule has 0 amide bonds. The van der Waals surface area contributed by atoms with Gasteiger partial charge in [0.2, 0.25) is 0 Å². The third-order valence-corrected chi connectivity index (χ3v) is 2.81. The SMILES string of the molecule is Cc1ccc(NC(=S)Nc2cc(F)ccc2F)cc1F. The summed E-state index contributed by atoms with van der Waals surface area (Å²) in [6, 6.07) is 7.47. The van der Waals surface area contributed by atoms with Crippen LogP contribution in [0, 0.1) is 24.4 Å². The van der Waals surface area contributed by atoms with Gasteiger partial charge < -0.3 is 10.6 Å². The minimum atomic E-state index is -0.634. The van der Waals surface area contributed by atoms with E-state index in [9.17, 15) is 13.2 Å². The van der Waals surface area contributed by atoms with Crippen LogP contribution in [0.25, 0.3) is 0 Å². The lowest BCUT2D eigenvalue weighted by molar-refractivity contribution is 0.604. The number of aryl methyl sites for hydroxylation is 1. The Hall–Kier alpha value is -2.08. The summed E-state index contributed by atoms with van der Waals surface area (Å²) in [7, 11) is 0. The number of anilines is 2. The molecule has 2 aromatic rings. The van der Waals surface area contributed by atoms with Crippen molar-refractivity contribution >= 4 is 28.7 Å². The number of hydrogen-bond donors (Lipinski definition) is 2. The Balaban J connectivity index is 2.09. The lowest BCUT2D eigenvalue weighted by Gasteiger charge is -2.11. The second-order valence-corrected chi connectivity index (χ2v) is 4.58. The van der Waals surface area contributed by atoms with Crippen molar-refractivity contribution in [3.8, 4) is 0 Å². The molecule has 0 bridgehead atoms. The van der Waals surface area contributed by atoms with Gasteiger partial charge in [-0.15, -0.1) is 0 Å². The van der Waals surface area contributed by atoms with Crippen LogP contribution < -0.4 is 10.6 Å². The monoisotopic (exact) mass is 296 g/mol. The third kappa shape index (κ3) is 3.48. The molecule has 2 nitrogen and oxygen atoms in total. The number of halogens is 3. The van der Waals surface area contributed by atoms with E-state index in [1.54, 1.807) is 19.1 Å². The standard InChI is InChI=1S/C14H11F3N2S/c1-8-2-4-10(7-12(8)17)18-14(20)19-13-6-9(15)3-5-11(13)16/h2-7H,1H3,(H2,18,19,20). The van der Waals surface area contributed by atoms with Gasteiger partial charge >= 0.3 is 0 Å². The number of thiocarbonyl (C=S) groups is 1. The second kappa shape index (κ2) is 5.92. The van der Waals surface area contributed by atoms with Gasteiger partial charge in [-0.25, -0.2) is 13.2 Å². The normalized spacial score (nSPS) is 10.2. The molecule has 0 radical (unpaired) electrons. The molecule has 0 unspecified atom stereocenters.